The van der Waals surface area contributed by atoms with Crippen LogP contribution >= 0.6 is 0 Å². The van der Waals surface area contributed by atoms with Gasteiger partial charge >= 0.3 is 0 Å². The van der Waals surface area contributed by atoms with Gasteiger partial charge in [-0.25, -0.2) is 9.97 Å². The molecule has 0 bridgehead atoms. The van der Waals surface area contributed by atoms with Crippen molar-refractivity contribution in [3.63, 3.8) is 0 Å². The van der Waals surface area contributed by atoms with Crippen LogP contribution in [0.3, 0.4) is 0 Å². The van der Waals surface area contributed by atoms with Gasteiger partial charge in [-0.2, -0.15) is 0 Å². The van der Waals surface area contributed by atoms with Gasteiger partial charge in [0.25, 0.3) is 0 Å². The van der Waals surface area contributed by atoms with Crippen LogP contribution in [0, 0.1) is 0 Å². The normalized spacial score (nSPS) is 14.0. The number of amides is 1. The molecular formula is C22H26N4O2. The lowest BCUT2D eigenvalue weighted by Gasteiger charge is -2.25. The standard InChI is InChI=1S/C22H26N4O2/c1-2-12-26(15-11-20(27)25-13-5-6-14-25)22-17-8-3-4-9-18(17)23-21(24-22)19-10-7-16-28-19/h3-4,7-10,16H,2,5-6,11-15H2,1H3. The largest absolute Gasteiger partial charge is 0.461 e. The molecule has 2 aromatic heterocycles. The summed E-state index contributed by atoms with van der Waals surface area (Å²) in [6.45, 7) is 5.43. The van der Waals surface area contributed by atoms with Gasteiger partial charge in [0.2, 0.25) is 5.91 Å². The lowest BCUT2D eigenvalue weighted by molar-refractivity contribution is -0.129. The number of fused-ring (bicyclic) bond motifs is 1. The molecule has 0 saturated carbocycles. The van der Waals surface area contributed by atoms with Crippen molar-refractivity contribution in [1.29, 1.82) is 0 Å². The quantitative estimate of drug-likeness (QED) is 0.619. The topological polar surface area (TPSA) is 62.5 Å². The summed E-state index contributed by atoms with van der Waals surface area (Å²) in [5.74, 6) is 2.33. The number of carbonyl (C=O) groups excluding carboxylic acids is 1. The van der Waals surface area contributed by atoms with Gasteiger partial charge in [-0.05, 0) is 43.5 Å². The number of hydrogen-bond donors (Lipinski definition) is 0. The highest BCUT2D eigenvalue weighted by atomic mass is 16.3. The van der Waals surface area contributed by atoms with Gasteiger partial charge in [0.05, 0.1) is 11.8 Å². The molecule has 1 aliphatic rings. The van der Waals surface area contributed by atoms with Crippen molar-refractivity contribution in [3.05, 3.63) is 42.7 Å². The first-order chi connectivity index (χ1) is 13.8. The molecule has 1 aliphatic heterocycles. The Hall–Kier alpha value is -2.89. The van der Waals surface area contributed by atoms with Crippen LogP contribution in [0.15, 0.2) is 47.1 Å². The molecular weight excluding hydrogens is 352 g/mol. The van der Waals surface area contributed by atoms with E-state index in [1.807, 2.05) is 41.3 Å². The van der Waals surface area contributed by atoms with E-state index >= 15 is 0 Å². The number of para-hydroxylation sites is 1. The highest BCUT2D eigenvalue weighted by molar-refractivity contribution is 5.91. The molecule has 28 heavy (non-hydrogen) atoms. The molecule has 0 atom stereocenters. The van der Waals surface area contributed by atoms with Gasteiger partial charge in [-0.3, -0.25) is 4.79 Å². The SMILES string of the molecule is CCCN(CCC(=O)N1CCCC1)c1nc(-c2ccco2)nc2ccccc12. The second-order valence-corrected chi connectivity index (χ2v) is 7.19. The zero-order valence-electron chi connectivity index (χ0n) is 16.3. The van der Waals surface area contributed by atoms with Crippen LogP contribution in [0.5, 0.6) is 0 Å². The van der Waals surface area contributed by atoms with Crippen molar-refractivity contribution in [1.82, 2.24) is 14.9 Å². The smallest absolute Gasteiger partial charge is 0.224 e. The van der Waals surface area contributed by atoms with Crippen LogP contribution < -0.4 is 4.90 Å². The number of nitrogens with zero attached hydrogens (tertiary/aromatic N) is 4. The van der Waals surface area contributed by atoms with Gasteiger partial charge in [0.15, 0.2) is 11.6 Å². The maximum atomic E-state index is 12.6. The van der Waals surface area contributed by atoms with Crippen LogP contribution in [0.25, 0.3) is 22.5 Å². The maximum absolute atomic E-state index is 12.6. The number of hydrogen-bond acceptors (Lipinski definition) is 5. The summed E-state index contributed by atoms with van der Waals surface area (Å²) in [6, 6.07) is 11.7. The molecule has 1 fully saturated rings. The van der Waals surface area contributed by atoms with E-state index in [0.717, 1.165) is 55.6 Å². The zero-order chi connectivity index (χ0) is 19.3. The molecule has 3 aromatic rings. The molecule has 6 heteroatoms. The number of rotatable bonds is 7. The predicted octanol–water partition coefficient (Wildman–Crippen LogP) is 4.12. The van der Waals surface area contributed by atoms with Crippen molar-refractivity contribution in [2.75, 3.05) is 31.1 Å². The van der Waals surface area contributed by atoms with Crippen molar-refractivity contribution in [2.45, 2.75) is 32.6 Å². The first-order valence-electron chi connectivity index (χ1n) is 10.1. The van der Waals surface area contributed by atoms with E-state index in [9.17, 15) is 4.79 Å². The van der Waals surface area contributed by atoms with Crippen LogP contribution in [-0.4, -0.2) is 47.0 Å². The number of aromatic nitrogens is 2. The third-order valence-corrected chi connectivity index (χ3v) is 5.17. The number of carbonyl (C=O) groups is 1. The van der Waals surface area contributed by atoms with E-state index in [1.54, 1.807) is 6.26 Å². The van der Waals surface area contributed by atoms with Crippen LogP contribution in [0.2, 0.25) is 0 Å². The monoisotopic (exact) mass is 378 g/mol. The molecule has 0 unspecified atom stereocenters. The Morgan fingerprint density at radius 3 is 2.68 bits per heavy atom. The Morgan fingerprint density at radius 2 is 1.93 bits per heavy atom. The summed E-state index contributed by atoms with van der Waals surface area (Å²) in [6.07, 6.45) is 5.35. The van der Waals surface area contributed by atoms with E-state index in [1.165, 1.54) is 0 Å². The summed E-state index contributed by atoms with van der Waals surface area (Å²) in [5.41, 5.74) is 0.880. The fourth-order valence-corrected chi connectivity index (χ4v) is 3.77. The van der Waals surface area contributed by atoms with Gasteiger partial charge in [-0.15, -0.1) is 0 Å². The summed E-state index contributed by atoms with van der Waals surface area (Å²) < 4.78 is 5.52. The molecule has 0 aliphatic carbocycles. The average Bonchev–Trinajstić information content (AvgIpc) is 3.44. The minimum atomic E-state index is 0.239. The molecule has 0 N–H and O–H groups in total. The molecule has 6 nitrogen and oxygen atoms in total. The van der Waals surface area contributed by atoms with E-state index in [4.69, 9.17) is 9.40 Å². The Bertz CT molecular complexity index is 933. The number of furan rings is 1. The average molecular weight is 378 g/mol. The summed E-state index contributed by atoms with van der Waals surface area (Å²) in [7, 11) is 0. The Morgan fingerprint density at radius 1 is 1.11 bits per heavy atom. The van der Waals surface area contributed by atoms with Crippen LogP contribution in [0.4, 0.5) is 5.82 Å². The fourth-order valence-electron chi connectivity index (χ4n) is 3.77. The Labute approximate surface area is 165 Å². The molecule has 3 heterocycles. The van der Waals surface area contributed by atoms with E-state index in [0.29, 0.717) is 24.6 Å². The highest BCUT2D eigenvalue weighted by Crippen LogP contribution is 2.28. The van der Waals surface area contributed by atoms with E-state index in [-0.39, 0.29) is 5.91 Å². The van der Waals surface area contributed by atoms with Gasteiger partial charge < -0.3 is 14.2 Å². The van der Waals surface area contributed by atoms with E-state index in [2.05, 4.69) is 16.8 Å². The van der Waals surface area contributed by atoms with Crippen LogP contribution in [-0.2, 0) is 4.79 Å². The summed E-state index contributed by atoms with van der Waals surface area (Å²) >= 11 is 0. The molecule has 0 spiro atoms. The Balaban J connectivity index is 1.65. The van der Waals surface area contributed by atoms with Crippen molar-refractivity contribution < 1.29 is 9.21 Å². The minimum absolute atomic E-state index is 0.239. The predicted molar refractivity (Wildman–Crippen MR) is 110 cm³/mol. The third kappa shape index (κ3) is 3.86. The lowest BCUT2D eigenvalue weighted by atomic mass is 10.2. The van der Waals surface area contributed by atoms with Crippen molar-refractivity contribution >= 4 is 22.6 Å². The van der Waals surface area contributed by atoms with Crippen molar-refractivity contribution in [2.24, 2.45) is 0 Å². The molecule has 1 aromatic carbocycles. The zero-order valence-corrected chi connectivity index (χ0v) is 16.3. The number of likely N-dealkylation sites (tertiary alicyclic amines) is 1. The van der Waals surface area contributed by atoms with Crippen molar-refractivity contribution in [3.8, 4) is 11.6 Å². The minimum Gasteiger partial charge on any atom is -0.461 e. The second kappa shape index (κ2) is 8.42. The Kier molecular flexibility index (Phi) is 5.55. The summed E-state index contributed by atoms with van der Waals surface area (Å²) in [5, 5.41) is 1.000. The van der Waals surface area contributed by atoms with E-state index < -0.39 is 0 Å². The lowest BCUT2D eigenvalue weighted by Crippen LogP contribution is -2.33. The number of anilines is 1. The van der Waals surface area contributed by atoms with Gasteiger partial charge in [0, 0.05) is 38.0 Å². The second-order valence-electron chi connectivity index (χ2n) is 7.19. The van der Waals surface area contributed by atoms with Gasteiger partial charge in [0.1, 0.15) is 5.82 Å². The third-order valence-electron chi connectivity index (χ3n) is 5.17. The number of benzene rings is 1. The molecule has 4 rings (SSSR count). The maximum Gasteiger partial charge on any atom is 0.224 e. The highest BCUT2D eigenvalue weighted by Gasteiger charge is 2.21. The first kappa shape index (κ1) is 18.5. The fraction of sp³-hybridized carbons (Fsp3) is 0.409. The molecule has 1 amide bonds. The molecule has 0 radical (unpaired) electrons. The molecule has 1 saturated heterocycles. The van der Waals surface area contributed by atoms with Gasteiger partial charge in [-0.1, -0.05) is 19.1 Å². The first-order valence-corrected chi connectivity index (χ1v) is 10.1. The summed E-state index contributed by atoms with van der Waals surface area (Å²) in [4.78, 5) is 26.3. The van der Waals surface area contributed by atoms with Crippen LogP contribution in [0.1, 0.15) is 32.6 Å². The molecule has 146 valence electrons.